The number of hydrogen-bond donors (Lipinski definition) is 1. The second-order valence-corrected chi connectivity index (χ2v) is 1.95. The maximum atomic E-state index is 5.34. The SMILES string of the molecule is NCc1noc2ccoc12. The Morgan fingerprint density at radius 3 is 3.30 bits per heavy atom. The minimum atomic E-state index is 0.348. The maximum Gasteiger partial charge on any atom is 0.205 e. The first-order valence-electron chi connectivity index (χ1n) is 2.93. The van der Waals surface area contributed by atoms with Gasteiger partial charge in [0.1, 0.15) is 5.69 Å². The van der Waals surface area contributed by atoms with Gasteiger partial charge in [0, 0.05) is 12.6 Å². The molecule has 0 aromatic carbocycles. The van der Waals surface area contributed by atoms with E-state index in [-0.39, 0.29) is 0 Å². The lowest BCUT2D eigenvalue weighted by Gasteiger charge is -1.80. The lowest BCUT2D eigenvalue weighted by molar-refractivity contribution is 0.446. The van der Waals surface area contributed by atoms with Crippen molar-refractivity contribution in [2.45, 2.75) is 6.54 Å². The van der Waals surface area contributed by atoms with E-state index in [2.05, 4.69) is 5.16 Å². The van der Waals surface area contributed by atoms with Crippen LogP contribution in [0.4, 0.5) is 0 Å². The Morgan fingerprint density at radius 2 is 2.50 bits per heavy atom. The van der Waals surface area contributed by atoms with E-state index in [0.29, 0.717) is 23.4 Å². The van der Waals surface area contributed by atoms with Gasteiger partial charge in [0.2, 0.25) is 5.58 Å². The highest BCUT2D eigenvalue weighted by Gasteiger charge is 2.07. The molecule has 0 bridgehead atoms. The van der Waals surface area contributed by atoms with Crippen LogP contribution in [0, 0.1) is 0 Å². The number of fused-ring (bicyclic) bond motifs is 1. The largest absolute Gasteiger partial charge is 0.459 e. The highest BCUT2D eigenvalue weighted by Crippen LogP contribution is 2.17. The zero-order valence-electron chi connectivity index (χ0n) is 5.20. The van der Waals surface area contributed by atoms with Crippen molar-refractivity contribution in [1.29, 1.82) is 0 Å². The first-order valence-corrected chi connectivity index (χ1v) is 2.93. The molecule has 0 saturated heterocycles. The fourth-order valence-corrected chi connectivity index (χ4v) is 0.855. The quantitative estimate of drug-likeness (QED) is 0.635. The Labute approximate surface area is 56.6 Å². The second-order valence-electron chi connectivity index (χ2n) is 1.95. The van der Waals surface area contributed by atoms with Gasteiger partial charge < -0.3 is 14.7 Å². The van der Waals surface area contributed by atoms with E-state index < -0.39 is 0 Å². The highest BCUT2D eigenvalue weighted by molar-refractivity contribution is 5.72. The van der Waals surface area contributed by atoms with Crippen LogP contribution in [-0.2, 0) is 6.54 Å². The van der Waals surface area contributed by atoms with Crippen molar-refractivity contribution in [3.8, 4) is 0 Å². The van der Waals surface area contributed by atoms with E-state index >= 15 is 0 Å². The molecule has 2 heterocycles. The fourth-order valence-electron chi connectivity index (χ4n) is 0.855. The van der Waals surface area contributed by atoms with Crippen molar-refractivity contribution >= 4 is 11.2 Å². The molecule has 2 rings (SSSR count). The molecule has 0 radical (unpaired) electrons. The van der Waals surface area contributed by atoms with Gasteiger partial charge in [-0.1, -0.05) is 5.16 Å². The number of aromatic nitrogens is 1. The summed E-state index contributed by atoms with van der Waals surface area (Å²) in [5, 5.41) is 3.68. The maximum absolute atomic E-state index is 5.34. The Bertz CT molecular complexity index is 336. The Hall–Kier alpha value is -1.29. The second kappa shape index (κ2) is 1.85. The van der Waals surface area contributed by atoms with Crippen LogP contribution in [0.25, 0.3) is 11.2 Å². The van der Waals surface area contributed by atoms with E-state index in [1.807, 2.05) is 0 Å². The predicted molar refractivity (Wildman–Crippen MR) is 34.2 cm³/mol. The molecule has 0 unspecified atom stereocenters. The molecule has 0 aliphatic rings. The molecule has 2 N–H and O–H groups in total. The molecule has 0 saturated carbocycles. The molecule has 10 heavy (non-hydrogen) atoms. The van der Waals surface area contributed by atoms with Gasteiger partial charge in [-0.2, -0.15) is 0 Å². The standard InChI is InChI=1S/C6H6N2O2/c7-3-4-6-5(10-8-4)1-2-9-6/h1-2H,3,7H2. The summed E-state index contributed by atoms with van der Waals surface area (Å²) in [6.07, 6.45) is 1.55. The molecule has 0 spiro atoms. The average Bonchev–Trinajstić information content (AvgIpc) is 2.44. The molecule has 0 fully saturated rings. The van der Waals surface area contributed by atoms with Crippen LogP contribution in [0.1, 0.15) is 5.69 Å². The molecule has 52 valence electrons. The summed E-state index contributed by atoms with van der Waals surface area (Å²) in [4.78, 5) is 0. The molecule has 2 aromatic heterocycles. The van der Waals surface area contributed by atoms with Crippen LogP contribution in [0.2, 0.25) is 0 Å². The predicted octanol–water partition coefficient (Wildman–Crippen LogP) is 0.880. The van der Waals surface area contributed by atoms with E-state index in [1.165, 1.54) is 0 Å². The number of nitrogens with zero attached hydrogens (tertiary/aromatic N) is 1. The van der Waals surface area contributed by atoms with Crippen molar-refractivity contribution in [1.82, 2.24) is 5.16 Å². The molecule has 0 aliphatic carbocycles. The van der Waals surface area contributed by atoms with Gasteiger partial charge in [-0.15, -0.1) is 0 Å². The molecule has 0 amide bonds. The summed E-state index contributed by atoms with van der Waals surface area (Å²) in [7, 11) is 0. The third-order valence-corrected chi connectivity index (χ3v) is 1.34. The van der Waals surface area contributed by atoms with Crippen molar-refractivity contribution in [3.05, 3.63) is 18.0 Å². The van der Waals surface area contributed by atoms with Crippen molar-refractivity contribution in [2.75, 3.05) is 0 Å². The van der Waals surface area contributed by atoms with Gasteiger partial charge in [-0.25, -0.2) is 0 Å². The van der Waals surface area contributed by atoms with Crippen LogP contribution < -0.4 is 5.73 Å². The normalized spacial score (nSPS) is 10.9. The molecule has 0 aliphatic heterocycles. The summed E-state index contributed by atoms with van der Waals surface area (Å²) in [5.41, 5.74) is 7.31. The molecule has 4 nitrogen and oxygen atoms in total. The molecule has 4 heteroatoms. The Balaban J connectivity index is 2.76. The summed E-state index contributed by atoms with van der Waals surface area (Å²) in [6, 6.07) is 1.71. The molecule has 0 atom stereocenters. The molecule has 2 aromatic rings. The lowest BCUT2D eigenvalue weighted by Crippen LogP contribution is -1.95. The first kappa shape index (κ1) is 5.49. The number of nitrogens with two attached hydrogens (primary N) is 1. The third-order valence-electron chi connectivity index (χ3n) is 1.34. The van der Waals surface area contributed by atoms with E-state index in [1.54, 1.807) is 12.3 Å². The van der Waals surface area contributed by atoms with E-state index in [9.17, 15) is 0 Å². The van der Waals surface area contributed by atoms with Gasteiger partial charge in [0.05, 0.1) is 6.26 Å². The fraction of sp³-hybridized carbons (Fsp3) is 0.167. The van der Waals surface area contributed by atoms with E-state index in [4.69, 9.17) is 14.7 Å². The van der Waals surface area contributed by atoms with Gasteiger partial charge in [0.15, 0.2) is 5.58 Å². The third kappa shape index (κ3) is 0.563. The topological polar surface area (TPSA) is 65.2 Å². The zero-order valence-corrected chi connectivity index (χ0v) is 5.20. The van der Waals surface area contributed by atoms with Crippen molar-refractivity contribution < 1.29 is 8.94 Å². The van der Waals surface area contributed by atoms with Gasteiger partial charge >= 0.3 is 0 Å². The Morgan fingerprint density at radius 1 is 1.60 bits per heavy atom. The lowest BCUT2D eigenvalue weighted by atomic mass is 10.4. The molecular formula is C6H6N2O2. The smallest absolute Gasteiger partial charge is 0.205 e. The summed E-state index contributed by atoms with van der Waals surface area (Å²) >= 11 is 0. The summed E-state index contributed by atoms with van der Waals surface area (Å²) < 4.78 is 9.90. The summed E-state index contributed by atoms with van der Waals surface area (Å²) in [5.74, 6) is 0. The summed E-state index contributed by atoms with van der Waals surface area (Å²) in [6.45, 7) is 0.348. The van der Waals surface area contributed by atoms with Crippen LogP contribution >= 0.6 is 0 Å². The zero-order chi connectivity index (χ0) is 6.97. The number of rotatable bonds is 1. The number of furan rings is 1. The minimum absolute atomic E-state index is 0.348. The monoisotopic (exact) mass is 138 g/mol. The van der Waals surface area contributed by atoms with Gasteiger partial charge in [-0.3, -0.25) is 0 Å². The van der Waals surface area contributed by atoms with E-state index in [0.717, 1.165) is 0 Å². The van der Waals surface area contributed by atoms with Crippen molar-refractivity contribution in [2.24, 2.45) is 5.73 Å². The van der Waals surface area contributed by atoms with Crippen LogP contribution in [0.3, 0.4) is 0 Å². The van der Waals surface area contributed by atoms with Crippen LogP contribution in [0.5, 0.6) is 0 Å². The first-order chi connectivity index (χ1) is 4.92. The minimum Gasteiger partial charge on any atom is -0.459 e. The Kier molecular flexibility index (Phi) is 1.01. The highest BCUT2D eigenvalue weighted by atomic mass is 16.5. The molecular weight excluding hydrogens is 132 g/mol. The number of hydrogen-bond acceptors (Lipinski definition) is 4. The van der Waals surface area contributed by atoms with Crippen molar-refractivity contribution in [3.63, 3.8) is 0 Å². The average molecular weight is 138 g/mol. The van der Waals surface area contributed by atoms with Crippen LogP contribution in [-0.4, -0.2) is 5.16 Å². The van der Waals surface area contributed by atoms with Gasteiger partial charge in [-0.05, 0) is 0 Å². The van der Waals surface area contributed by atoms with Crippen LogP contribution in [0.15, 0.2) is 21.3 Å². The van der Waals surface area contributed by atoms with Gasteiger partial charge in [0.25, 0.3) is 0 Å².